The summed E-state index contributed by atoms with van der Waals surface area (Å²) in [5.41, 5.74) is 2.20. The summed E-state index contributed by atoms with van der Waals surface area (Å²) in [7, 11) is 1.69. The molecule has 3 aromatic rings. The van der Waals surface area contributed by atoms with Gasteiger partial charge in [0.25, 0.3) is 0 Å². The molecular weight excluding hydrogens is 294 g/mol. The van der Waals surface area contributed by atoms with Crippen LogP contribution in [0.5, 0.6) is 5.75 Å². The van der Waals surface area contributed by atoms with Gasteiger partial charge in [0, 0.05) is 37.0 Å². The van der Waals surface area contributed by atoms with Gasteiger partial charge in [0.15, 0.2) is 5.13 Å². The Morgan fingerprint density at radius 1 is 1.27 bits per heavy atom. The minimum atomic E-state index is 0.503. The van der Waals surface area contributed by atoms with Crippen LogP contribution < -0.4 is 9.64 Å². The smallest absolute Gasteiger partial charge is 0.186 e. The summed E-state index contributed by atoms with van der Waals surface area (Å²) in [6.45, 7) is 2.03. The van der Waals surface area contributed by atoms with Crippen LogP contribution in [-0.4, -0.2) is 30.2 Å². The van der Waals surface area contributed by atoms with Crippen LogP contribution in [0.3, 0.4) is 0 Å². The molecule has 0 saturated carbocycles. The van der Waals surface area contributed by atoms with Crippen molar-refractivity contribution in [2.75, 3.05) is 25.1 Å². The SMILES string of the molecule is COc1ccc2sc(N3CCC(c4ccccn4)C3)nc2c1. The van der Waals surface area contributed by atoms with Crippen LogP contribution >= 0.6 is 11.3 Å². The highest BCUT2D eigenvalue weighted by atomic mass is 32.1. The van der Waals surface area contributed by atoms with Gasteiger partial charge in [0.1, 0.15) is 5.75 Å². The average molecular weight is 311 g/mol. The molecule has 2 aromatic heterocycles. The van der Waals surface area contributed by atoms with Gasteiger partial charge in [-0.1, -0.05) is 17.4 Å². The third kappa shape index (κ3) is 2.41. The fourth-order valence-corrected chi connectivity index (χ4v) is 3.93. The van der Waals surface area contributed by atoms with E-state index in [4.69, 9.17) is 9.72 Å². The van der Waals surface area contributed by atoms with Gasteiger partial charge in [-0.05, 0) is 30.7 Å². The Kier molecular flexibility index (Phi) is 3.42. The molecule has 1 aliphatic rings. The quantitative estimate of drug-likeness (QED) is 0.739. The maximum absolute atomic E-state index is 5.27. The summed E-state index contributed by atoms with van der Waals surface area (Å²) < 4.78 is 6.48. The molecule has 4 nitrogen and oxygen atoms in total. The van der Waals surface area contributed by atoms with E-state index >= 15 is 0 Å². The van der Waals surface area contributed by atoms with Crippen molar-refractivity contribution in [3.05, 3.63) is 48.3 Å². The van der Waals surface area contributed by atoms with Gasteiger partial charge in [-0.15, -0.1) is 0 Å². The molecule has 1 aliphatic heterocycles. The molecule has 22 heavy (non-hydrogen) atoms. The number of ether oxygens (including phenoxy) is 1. The summed E-state index contributed by atoms with van der Waals surface area (Å²) in [4.78, 5) is 11.6. The van der Waals surface area contributed by atoms with E-state index < -0.39 is 0 Å². The lowest BCUT2D eigenvalue weighted by atomic mass is 10.0. The monoisotopic (exact) mass is 311 g/mol. The number of methoxy groups -OCH3 is 1. The highest BCUT2D eigenvalue weighted by Crippen LogP contribution is 2.35. The van der Waals surface area contributed by atoms with E-state index in [-0.39, 0.29) is 0 Å². The van der Waals surface area contributed by atoms with E-state index in [0.717, 1.165) is 35.9 Å². The van der Waals surface area contributed by atoms with E-state index in [1.807, 2.05) is 24.4 Å². The number of fused-ring (bicyclic) bond motifs is 1. The largest absolute Gasteiger partial charge is 0.497 e. The molecule has 1 atom stereocenters. The standard InChI is InChI=1S/C17H17N3OS/c1-21-13-5-6-16-15(10-13)19-17(22-16)20-9-7-12(11-20)14-4-2-3-8-18-14/h2-6,8,10,12H,7,9,11H2,1H3. The maximum atomic E-state index is 5.27. The van der Waals surface area contributed by atoms with Crippen molar-refractivity contribution in [2.24, 2.45) is 0 Å². The normalized spacial score (nSPS) is 18.0. The zero-order chi connectivity index (χ0) is 14.9. The Morgan fingerprint density at radius 2 is 2.23 bits per heavy atom. The Bertz CT molecular complexity index is 787. The number of aromatic nitrogens is 2. The molecule has 0 bridgehead atoms. The third-order valence-electron chi connectivity index (χ3n) is 4.15. The number of pyridine rings is 1. The summed E-state index contributed by atoms with van der Waals surface area (Å²) in [6, 6.07) is 12.2. The first kappa shape index (κ1) is 13.5. The fraction of sp³-hybridized carbons (Fsp3) is 0.294. The second kappa shape index (κ2) is 5.57. The molecule has 0 aliphatic carbocycles. The van der Waals surface area contributed by atoms with E-state index in [0.29, 0.717) is 5.92 Å². The Morgan fingerprint density at radius 3 is 3.05 bits per heavy atom. The molecule has 1 aromatic carbocycles. The number of thiazole rings is 1. The van der Waals surface area contributed by atoms with E-state index in [9.17, 15) is 0 Å². The number of anilines is 1. The molecule has 0 N–H and O–H groups in total. The van der Waals surface area contributed by atoms with Crippen molar-refractivity contribution >= 4 is 26.7 Å². The van der Waals surface area contributed by atoms with Crippen LogP contribution in [0.15, 0.2) is 42.6 Å². The summed E-state index contributed by atoms with van der Waals surface area (Å²) in [5, 5.41) is 1.10. The number of benzene rings is 1. The van der Waals surface area contributed by atoms with Crippen molar-refractivity contribution in [1.82, 2.24) is 9.97 Å². The summed E-state index contributed by atoms with van der Waals surface area (Å²) in [5.74, 6) is 1.36. The van der Waals surface area contributed by atoms with Crippen LogP contribution in [0.1, 0.15) is 18.0 Å². The molecule has 1 fully saturated rings. The zero-order valence-electron chi connectivity index (χ0n) is 12.4. The van der Waals surface area contributed by atoms with E-state index in [1.165, 1.54) is 10.4 Å². The van der Waals surface area contributed by atoms with Crippen LogP contribution in [0.25, 0.3) is 10.2 Å². The van der Waals surface area contributed by atoms with Gasteiger partial charge < -0.3 is 9.64 Å². The Hall–Kier alpha value is -2.14. The molecule has 112 valence electrons. The predicted molar refractivity (Wildman–Crippen MR) is 90.0 cm³/mol. The third-order valence-corrected chi connectivity index (χ3v) is 5.25. The number of hydrogen-bond acceptors (Lipinski definition) is 5. The van der Waals surface area contributed by atoms with Gasteiger partial charge >= 0.3 is 0 Å². The molecule has 0 spiro atoms. The van der Waals surface area contributed by atoms with Gasteiger partial charge in [-0.2, -0.15) is 0 Å². The average Bonchev–Trinajstić information content (AvgIpc) is 3.21. The lowest BCUT2D eigenvalue weighted by Crippen LogP contribution is -2.19. The second-order valence-electron chi connectivity index (χ2n) is 5.52. The summed E-state index contributed by atoms with van der Waals surface area (Å²) >= 11 is 1.75. The first-order valence-corrected chi connectivity index (χ1v) is 8.25. The van der Waals surface area contributed by atoms with Crippen molar-refractivity contribution in [3.8, 4) is 5.75 Å². The number of rotatable bonds is 3. The van der Waals surface area contributed by atoms with Crippen LogP contribution in [-0.2, 0) is 0 Å². The van der Waals surface area contributed by atoms with E-state index in [2.05, 4.69) is 28.1 Å². The van der Waals surface area contributed by atoms with E-state index in [1.54, 1.807) is 18.4 Å². The first-order chi connectivity index (χ1) is 10.8. The molecule has 1 unspecified atom stereocenters. The first-order valence-electron chi connectivity index (χ1n) is 7.44. The predicted octanol–water partition coefficient (Wildman–Crippen LogP) is 3.69. The lowest BCUT2D eigenvalue weighted by molar-refractivity contribution is 0.415. The van der Waals surface area contributed by atoms with Crippen molar-refractivity contribution in [2.45, 2.75) is 12.3 Å². The van der Waals surface area contributed by atoms with Gasteiger partial charge in [-0.25, -0.2) is 4.98 Å². The maximum Gasteiger partial charge on any atom is 0.186 e. The highest BCUT2D eigenvalue weighted by Gasteiger charge is 2.26. The highest BCUT2D eigenvalue weighted by molar-refractivity contribution is 7.22. The lowest BCUT2D eigenvalue weighted by Gasteiger charge is -2.14. The van der Waals surface area contributed by atoms with Gasteiger partial charge in [-0.3, -0.25) is 4.98 Å². The van der Waals surface area contributed by atoms with Gasteiger partial charge in [0.2, 0.25) is 0 Å². The van der Waals surface area contributed by atoms with Gasteiger partial charge in [0.05, 0.1) is 17.3 Å². The number of hydrogen-bond donors (Lipinski definition) is 0. The second-order valence-corrected chi connectivity index (χ2v) is 6.53. The van der Waals surface area contributed by atoms with Crippen LogP contribution in [0.2, 0.25) is 0 Å². The fourth-order valence-electron chi connectivity index (χ4n) is 2.95. The molecule has 4 rings (SSSR count). The zero-order valence-corrected chi connectivity index (χ0v) is 13.2. The summed E-state index contributed by atoms with van der Waals surface area (Å²) in [6.07, 6.45) is 3.01. The van der Waals surface area contributed by atoms with Crippen molar-refractivity contribution in [1.29, 1.82) is 0 Å². The molecule has 1 saturated heterocycles. The topological polar surface area (TPSA) is 38.2 Å². The Balaban J connectivity index is 1.58. The molecular formula is C17H17N3OS. The Labute approximate surface area is 133 Å². The van der Waals surface area contributed by atoms with Crippen LogP contribution in [0.4, 0.5) is 5.13 Å². The molecule has 5 heteroatoms. The van der Waals surface area contributed by atoms with Crippen LogP contribution in [0, 0.1) is 0 Å². The molecule has 0 amide bonds. The van der Waals surface area contributed by atoms with Crippen molar-refractivity contribution < 1.29 is 4.74 Å². The number of nitrogens with zero attached hydrogens (tertiary/aromatic N) is 3. The van der Waals surface area contributed by atoms with Crippen molar-refractivity contribution in [3.63, 3.8) is 0 Å². The minimum absolute atomic E-state index is 0.503. The minimum Gasteiger partial charge on any atom is -0.497 e. The molecule has 0 radical (unpaired) electrons. The molecule has 3 heterocycles.